The molecule has 43 heavy (non-hydrogen) atoms. The Balaban J connectivity index is 1.42. The highest BCUT2D eigenvalue weighted by molar-refractivity contribution is 7.89. The largest absolute Gasteiger partial charge is 0.427 e. The molecule has 3 aliphatic rings. The van der Waals surface area contributed by atoms with Crippen LogP contribution in [0.15, 0.2) is 42.5 Å². The fourth-order valence-electron chi connectivity index (χ4n) is 6.09. The predicted octanol–water partition coefficient (Wildman–Crippen LogP) is 1.31. The van der Waals surface area contributed by atoms with Gasteiger partial charge >= 0.3 is 12.1 Å². The molecule has 5 rings (SSSR count). The van der Waals surface area contributed by atoms with Gasteiger partial charge in [0.2, 0.25) is 21.5 Å². The van der Waals surface area contributed by atoms with Gasteiger partial charge in [-0.05, 0) is 47.7 Å². The lowest BCUT2D eigenvalue weighted by Crippen LogP contribution is -2.42. The number of anilines is 1. The van der Waals surface area contributed by atoms with Crippen molar-refractivity contribution in [1.82, 2.24) is 20.4 Å². The lowest BCUT2D eigenvalue weighted by atomic mass is 9.93. The summed E-state index contributed by atoms with van der Waals surface area (Å²) in [5.41, 5.74) is 0.581. The van der Waals surface area contributed by atoms with Gasteiger partial charge in [0.15, 0.2) is 0 Å². The molecular formula is C28H33FN6O7S. The summed E-state index contributed by atoms with van der Waals surface area (Å²) >= 11 is 0. The Bertz CT molecular complexity index is 1550. The number of nitrogens with two attached hydrogens (primary N) is 1. The molecule has 2 saturated heterocycles. The molecule has 15 heteroatoms. The second-order valence-electron chi connectivity index (χ2n) is 11.0. The number of urea groups is 1. The molecule has 2 fully saturated rings. The van der Waals surface area contributed by atoms with E-state index in [2.05, 4.69) is 16.0 Å². The van der Waals surface area contributed by atoms with Crippen LogP contribution in [0.3, 0.4) is 0 Å². The van der Waals surface area contributed by atoms with Crippen LogP contribution in [-0.2, 0) is 36.5 Å². The average Bonchev–Trinajstić information content (AvgIpc) is 3.62. The van der Waals surface area contributed by atoms with Gasteiger partial charge < -0.3 is 25.2 Å². The number of ether oxygens (including phenoxy) is 1. The molecule has 0 aromatic heterocycles. The quantitative estimate of drug-likeness (QED) is 0.325. The van der Waals surface area contributed by atoms with E-state index in [4.69, 9.17) is 9.88 Å². The number of imide groups is 1. The Kier molecular flexibility index (Phi) is 8.40. The lowest BCUT2D eigenvalue weighted by Gasteiger charge is -2.31. The fraction of sp³-hybridized carbons (Fsp3) is 0.429. The number of likely N-dealkylation sites (tertiary alicyclic amines) is 1. The molecule has 0 saturated carbocycles. The van der Waals surface area contributed by atoms with Gasteiger partial charge in [-0.15, -0.1) is 0 Å². The van der Waals surface area contributed by atoms with E-state index in [0.29, 0.717) is 41.9 Å². The highest BCUT2D eigenvalue weighted by atomic mass is 32.2. The molecule has 13 nitrogen and oxygen atoms in total. The van der Waals surface area contributed by atoms with Gasteiger partial charge in [0.1, 0.15) is 5.82 Å². The van der Waals surface area contributed by atoms with Crippen molar-refractivity contribution in [3.63, 3.8) is 0 Å². The Hall–Kier alpha value is -4.08. The number of hydrogen-bond donors (Lipinski definition) is 4. The van der Waals surface area contributed by atoms with Crippen LogP contribution in [0.2, 0.25) is 0 Å². The molecule has 1 spiro atoms. The summed E-state index contributed by atoms with van der Waals surface area (Å²) in [6.07, 6.45) is -0.301. The second kappa shape index (κ2) is 11.9. The highest BCUT2D eigenvalue weighted by Gasteiger charge is 2.57. The molecule has 1 unspecified atom stereocenters. The molecular weight excluding hydrogens is 583 g/mol. The first-order valence-corrected chi connectivity index (χ1v) is 15.5. The number of nitrogens with zero attached hydrogens (tertiary/aromatic N) is 2. The first-order chi connectivity index (χ1) is 20.4. The van der Waals surface area contributed by atoms with Crippen molar-refractivity contribution in [1.29, 1.82) is 0 Å². The van der Waals surface area contributed by atoms with Crippen LogP contribution in [0.5, 0.6) is 0 Å². The maximum Gasteiger partial charge on any atom is 0.415 e. The normalized spacial score (nSPS) is 23.1. The van der Waals surface area contributed by atoms with Gasteiger partial charge in [-0.3, -0.25) is 14.9 Å². The number of sulfonamides is 1. The Morgan fingerprint density at radius 2 is 1.95 bits per heavy atom. The standard InChI is InChI=1S/C28H33FN6O7S/c1-31-26(38)32-20-6-7-23-22(13-20)18(14-28(23)25(37)33-27(39)42-28)12-24(36)35(15-17-2-4-19(29)5-3-17)21-8-9-34(16-21)10-11-43(30,40)41/h2-7,13,18,21H,8-12,14-16H2,1H3,(H2,30,40,41)(H2,31,32,38)(H,33,37,39)/t18?,21-,28-/m1/s1. The van der Waals surface area contributed by atoms with Crippen molar-refractivity contribution < 1.29 is 36.7 Å². The van der Waals surface area contributed by atoms with Gasteiger partial charge in [-0.2, -0.15) is 0 Å². The number of hydrogen-bond acceptors (Lipinski definition) is 8. The third kappa shape index (κ3) is 6.63. The van der Waals surface area contributed by atoms with E-state index in [1.165, 1.54) is 19.2 Å². The Morgan fingerprint density at radius 1 is 1.21 bits per heavy atom. The third-order valence-electron chi connectivity index (χ3n) is 8.18. The fourth-order valence-corrected chi connectivity index (χ4v) is 6.60. The Morgan fingerprint density at radius 3 is 2.60 bits per heavy atom. The molecule has 2 heterocycles. The average molecular weight is 617 g/mol. The second-order valence-corrected chi connectivity index (χ2v) is 12.8. The number of amides is 5. The number of rotatable bonds is 9. The van der Waals surface area contributed by atoms with E-state index in [1.807, 2.05) is 4.90 Å². The van der Waals surface area contributed by atoms with Gasteiger partial charge in [0.25, 0.3) is 5.91 Å². The van der Waals surface area contributed by atoms with Crippen molar-refractivity contribution in [2.75, 3.05) is 37.8 Å². The first-order valence-electron chi connectivity index (χ1n) is 13.8. The third-order valence-corrected chi connectivity index (χ3v) is 8.93. The van der Waals surface area contributed by atoms with Crippen LogP contribution in [0.25, 0.3) is 0 Å². The summed E-state index contributed by atoms with van der Waals surface area (Å²) in [4.78, 5) is 54.7. The number of carbonyl (C=O) groups excluding carboxylic acids is 4. The zero-order valence-electron chi connectivity index (χ0n) is 23.5. The van der Waals surface area contributed by atoms with E-state index in [9.17, 15) is 32.0 Å². The summed E-state index contributed by atoms with van der Waals surface area (Å²) < 4.78 is 42.1. The van der Waals surface area contributed by atoms with E-state index >= 15 is 0 Å². The molecule has 2 aliphatic heterocycles. The molecule has 5 amide bonds. The first kappa shape index (κ1) is 30.4. The Labute approximate surface area is 248 Å². The highest BCUT2D eigenvalue weighted by Crippen LogP contribution is 2.51. The van der Waals surface area contributed by atoms with Gasteiger partial charge in [-0.1, -0.05) is 18.2 Å². The minimum atomic E-state index is -3.65. The van der Waals surface area contributed by atoms with E-state index in [1.54, 1.807) is 35.2 Å². The molecule has 3 atom stereocenters. The summed E-state index contributed by atoms with van der Waals surface area (Å²) in [6, 6.07) is 9.99. The topological polar surface area (TPSA) is 180 Å². The summed E-state index contributed by atoms with van der Waals surface area (Å²) in [5, 5.41) is 12.5. The smallest absolute Gasteiger partial charge is 0.415 e. The van der Waals surface area contributed by atoms with Crippen LogP contribution in [-0.4, -0.2) is 80.6 Å². The number of carbonyl (C=O) groups is 4. The van der Waals surface area contributed by atoms with Crippen molar-refractivity contribution in [3.8, 4) is 0 Å². The minimum Gasteiger partial charge on any atom is -0.427 e. The number of alkyl carbamates (subject to hydrolysis) is 1. The van der Waals surface area contributed by atoms with E-state index in [0.717, 1.165) is 0 Å². The van der Waals surface area contributed by atoms with Crippen molar-refractivity contribution in [2.45, 2.75) is 43.4 Å². The van der Waals surface area contributed by atoms with Gasteiger partial charge in [0.05, 0.1) is 5.75 Å². The number of halogens is 1. The van der Waals surface area contributed by atoms with Crippen molar-refractivity contribution >= 4 is 39.6 Å². The molecule has 230 valence electrons. The molecule has 0 radical (unpaired) electrons. The molecule has 2 aromatic rings. The van der Waals surface area contributed by atoms with E-state index in [-0.39, 0.29) is 43.6 Å². The van der Waals surface area contributed by atoms with Crippen LogP contribution in [0.4, 0.5) is 19.7 Å². The van der Waals surface area contributed by atoms with Gasteiger partial charge in [0, 0.05) is 63.4 Å². The summed E-state index contributed by atoms with van der Waals surface area (Å²) in [7, 11) is -2.18. The number of fused-ring (bicyclic) bond motifs is 2. The van der Waals surface area contributed by atoms with E-state index < -0.39 is 45.4 Å². The summed E-state index contributed by atoms with van der Waals surface area (Å²) in [6.45, 7) is 1.40. The monoisotopic (exact) mass is 616 g/mol. The molecule has 2 aromatic carbocycles. The SMILES string of the molecule is CNC(=O)Nc1ccc2c(c1)C(CC(=O)N(Cc1ccc(F)cc1)[C@@H]1CCN(CCS(N)(=O)=O)C1)C[C@@]21OC(=O)NC1=O. The van der Waals surface area contributed by atoms with Crippen LogP contribution in [0, 0.1) is 5.82 Å². The number of benzene rings is 2. The minimum absolute atomic E-state index is 0.0324. The van der Waals surface area contributed by atoms with Crippen molar-refractivity contribution in [2.24, 2.45) is 5.14 Å². The van der Waals surface area contributed by atoms with Crippen LogP contribution < -0.4 is 21.1 Å². The van der Waals surface area contributed by atoms with Crippen LogP contribution in [0.1, 0.15) is 41.9 Å². The van der Waals surface area contributed by atoms with Gasteiger partial charge in [-0.25, -0.2) is 27.5 Å². The van der Waals surface area contributed by atoms with Crippen LogP contribution >= 0.6 is 0 Å². The predicted molar refractivity (Wildman–Crippen MR) is 153 cm³/mol. The maximum atomic E-state index is 14.1. The zero-order valence-corrected chi connectivity index (χ0v) is 24.3. The molecule has 5 N–H and O–H groups in total. The molecule has 0 bridgehead atoms. The number of primary sulfonamides is 1. The number of nitrogens with one attached hydrogen (secondary N) is 3. The molecule has 1 aliphatic carbocycles. The summed E-state index contributed by atoms with van der Waals surface area (Å²) in [5.74, 6) is -2.02. The maximum absolute atomic E-state index is 14.1. The van der Waals surface area contributed by atoms with Crippen molar-refractivity contribution in [3.05, 3.63) is 65.0 Å². The lowest BCUT2D eigenvalue weighted by molar-refractivity contribution is -0.136. The zero-order chi connectivity index (χ0) is 30.9.